The molecule has 3 rings (SSSR count). The van der Waals surface area contributed by atoms with E-state index in [0.717, 1.165) is 15.6 Å². The molecule has 0 spiro atoms. The van der Waals surface area contributed by atoms with E-state index in [0.29, 0.717) is 5.52 Å². The molecule has 0 unspecified atom stereocenters. The van der Waals surface area contributed by atoms with E-state index in [9.17, 15) is 9.90 Å². The van der Waals surface area contributed by atoms with Gasteiger partial charge in [0.1, 0.15) is 17.2 Å². The van der Waals surface area contributed by atoms with E-state index in [1.807, 2.05) is 36.6 Å². The lowest BCUT2D eigenvalue weighted by Crippen LogP contribution is -2.09. The fourth-order valence-electron chi connectivity index (χ4n) is 2.13. The summed E-state index contributed by atoms with van der Waals surface area (Å²) in [6.45, 7) is 1.91. The molecule has 0 aliphatic rings. The number of benzene rings is 1. The highest BCUT2D eigenvalue weighted by molar-refractivity contribution is 8.01. The number of thioether (sulfide) groups is 1. The molecule has 0 aliphatic carbocycles. The molecule has 124 valence electrons. The van der Waals surface area contributed by atoms with E-state index >= 15 is 0 Å². The monoisotopic (exact) mass is 361 g/mol. The summed E-state index contributed by atoms with van der Waals surface area (Å²) in [7, 11) is 1.27. The first-order chi connectivity index (χ1) is 11.6. The van der Waals surface area contributed by atoms with Gasteiger partial charge in [-0.25, -0.2) is 14.8 Å². The summed E-state index contributed by atoms with van der Waals surface area (Å²) in [6.07, 6.45) is 0. The van der Waals surface area contributed by atoms with Gasteiger partial charge in [0.2, 0.25) is 0 Å². The predicted molar refractivity (Wildman–Crippen MR) is 95.2 cm³/mol. The molecule has 0 saturated heterocycles. The Bertz CT molecular complexity index is 881. The van der Waals surface area contributed by atoms with Crippen LogP contribution in [0.3, 0.4) is 0 Å². The number of aromatic nitrogens is 3. The van der Waals surface area contributed by atoms with Gasteiger partial charge in [-0.15, -0.1) is 11.3 Å². The normalized spacial score (nSPS) is 12.2. The molecule has 0 saturated carbocycles. The fraction of sp³-hybridized carbons (Fsp3) is 0.188. The summed E-state index contributed by atoms with van der Waals surface area (Å²) in [5.74, 6) is -0.244. The third-order valence-corrected chi connectivity index (χ3v) is 5.38. The second kappa shape index (κ2) is 7.06. The number of esters is 1. The van der Waals surface area contributed by atoms with Gasteiger partial charge < -0.3 is 14.8 Å². The maximum atomic E-state index is 12.1. The Hall–Kier alpha value is -2.32. The molecule has 8 heteroatoms. The van der Waals surface area contributed by atoms with Crippen molar-refractivity contribution in [3.8, 4) is 0 Å². The molecule has 0 bridgehead atoms. The summed E-state index contributed by atoms with van der Waals surface area (Å²) in [5, 5.41) is 12.4. The van der Waals surface area contributed by atoms with E-state index in [1.165, 1.54) is 30.2 Å². The zero-order valence-corrected chi connectivity index (χ0v) is 14.7. The Kier molecular flexibility index (Phi) is 4.86. The average Bonchev–Trinajstić information content (AvgIpc) is 3.18. The van der Waals surface area contributed by atoms with Crippen molar-refractivity contribution >= 4 is 45.7 Å². The lowest BCUT2D eigenvalue weighted by Gasteiger charge is -2.06. The maximum absolute atomic E-state index is 12.1. The van der Waals surface area contributed by atoms with E-state index in [2.05, 4.69) is 15.0 Å². The van der Waals surface area contributed by atoms with Crippen molar-refractivity contribution in [3.63, 3.8) is 0 Å². The number of rotatable bonds is 5. The standard InChI is InChI=1S/C16H15N3O3S2/c1-9-7-23-16(17-9)24-8-12(20)13(15(21)22-2)14-18-10-5-3-4-6-11(10)19-14/h3-7,20H,8H2,1-2H3,(H,18,19)/b13-12-. The van der Waals surface area contributed by atoms with Crippen LogP contribution in [-0.4, -0.2) is 38.9 Å². The van der Waals surface area contributed by atoms with Gasteiger partial charge in [-0.1, -0.05) is 23.9 Å². The van der Waals surface area contributed by atoms with E-state index in [-0.39, 0.29) is 22.9 Å². The lowest BCUT2D eigenvalue weighted by molar-refractivity contribution is -0.133. The summed E-state index contributed by atoms with van der Waals surface area (Å²) in [6, 6.07) is 7.40. The second-order valence-corrected chi connectivity index (χ2v) is 7.04. The van der Waals surface area contributed by atoms with Gasteiger partial charge in [-0.05, 0) is 19.1 Å². The number of imidazole rings is 1. The highest BCUT2D eigenvalue weighted by Gasteiger charge is 2.22. The molecule has 0 radical (unpaired) electrons. The van der Waals surface area contributed by atoms with E-state index in [1.54, 1.807) is 0 Å². The lowest BCUT2D eigenvalue weighted by atomic mass is 10.2. The largest absolute Gasteiger partial charge is 0.510 e. The second-order valence-electron chi connectivity index (χ2n) is 4.96. The Morgan fingerprint density at radius 2 is 2.17 bits per heavy atom. The van der Waals surface area contributed by atoms with Crippen molar-refractivity contribution in [1.29, 1.82) is 0 Å². The number of aromatic amines is 1. The van der Waals surface area contributed by atoms with Crippen molar-refractivity contribution in [1.82, 2.24) is 15.0 Å². The Balaban J connectivity index is 1.93. The number of fused-ring (bicyclic) bond motifs is 1. The first-order valence-corrected chi connectivity index (χ1v) is 8.95. The number of ether oxygens (including phenoxy) is 1. The third-order valence-electron chi connectivity index (χ3n) is 3.23. The van der Waals surface area contributed by atoms with Crippen molar-refractivity contribution in [2.45, 2.75) is 11.3 Å². The van der Waals surface area contributed by atoms with E-state index in [4.69, 9.17) is 4.74 Å². The zero-order valence-electron chi connectivity index (χ0n) is 13.1. The van der Waals surface area contributed by atoms with Crippen LogP contribution in [0, 0.1) is 6.92 Å². The molecule has 24 heavy (non-hydrogen) atoms. The number of H-pyrrole nitrogens is 1. The highest BCUT2D eigenvalue weighted by Crippen LogP contribution is 2.27. The average molecular weight is 361 g/mol. The molecule has 0 amide bonds. The highest BCUT2D eigenvalue weighted by atomic mass is 32.2. The minimum atomic E-state index is -0.637. The van der Waals surface area contributed by atoms with Crippen molar-refractivity contribution in [2.75, 3.05) is 12.9 Å². The summed E-state index contributed by atoms with van der Waals surface area (Å²) in [5.41, 5.74) is 2.46. The van der Waals surface area contributed by atoms with Gasteiger partial charge in [0.25, 0.3) is 0 Å². The minimum absolute atomic E-state index is 0.0366. The number of aryl methyl sites for hydroxylation is 1. The van der Waals surface area contributed by atoms with Crippen LogP contribution in [0.4, 0.5) is 0 Å². The molecule has 2 N–H and O–H groups in total. The number of hydrogen-bond donors (Lipinski definition) is 2. The van der Waals surface area contributed by atoms with Crippen LogP contribution in [0.5, 0.6) is 0 Å². The fourth-order valence-corrected chi connectivity index (χ4v) is 3.85. The number of aliphatic hydroxyl groups is 1. The SMILES string of the molecule is COC(=O)/C(=C(\O)CSc1nc(C)cs1)c1nc2ccccc2[nH]1. The van der Waals surface area contributed by atoms with Crippen LogP contribution >= 0.6 is 23.1 Å². The maximum Gasteiger partial charge on any atom is 0.345 e. The topological polar surface area (TPSA) is 88.1 Å². The van der Waals surface area contributed by atoms with Gasteiger partial charge in [0.05, 0.1) is 23.9 Å². The van der Waals surface area contributed by atoms with Crippen LogP contribution in [0.15, 0.2) is 39.7 Å². The Morgan fingerprint density at radius 3 is 2.83 bits per heavy atom. The minimum Gasteiger partial charge on any atom is -0.510 e. The van der Waals surface area contributed by atoms with Crippen LogP contribution in [0.25, 0.3) is 16.6 Å². The first kappa shape index (κ1) is 16.5. The summed E-state index contributed by atoms with van der Waals surface area (Å²) < 4.78 is 5.63. The Labute approximate surface area is 146 Å². The van der Waals surface area contributed by atoms with Crippen molar-refractivity contribution in [2.24, 2.45) is 0 Å². The molecule has 0 atom stereocenters. The summed E-state index contributed by atoms with van der Waals surface area (Å²) >= 11 is 2.85. The quantitative estimate of drug-likeness (QED) is 0.313. The number of carbonyl (C=O) groups excluding carboxylic acids is 1. The molecule has 1 aromatic carbocycles. The number of carbonyl (C=O) groups is 1. The molecular weight excluding hydrogens is 346 g/mol. The molecular formula is C16H15N3O3S2. The molecule has 3 aromatic rings. The number of nitrogens with zero attached hydrogens (tertiary/aromatic N) is 2. The van der Waals surface area contributed by atoms with Crippen LogP contribution in [-0.2, 0) is 9.53 Å². The van der Waals surface area contributed by atoms with Crippen molar-refractivity contribution < 1.29 is 14.6 Å². The van der Waals surface area contributed by atoms with Gasteiger partial charge >= 0.3 is 5.97 Å². The molecule has 0 aliphatic heterocycles. The predicted octanol–water partition coefficient (Wildman–Crippen LogP) is 3.56. The van der Waals surface area contributed by atoms with Crippen molar-refractivity contribution in [3.05, 3.63) is 46.9 Å². The molecule has 6 nitrogen and oxygen atoms in total. The molecule has 2 heterocycles. The van der Waals surface area contributed by atoms with Gasteiger partial charge in [0, 0.05) is 11.1 Å². The van der Waals surface area contributed by atoms with Gasteiger partial charge in [-0.3, -0.25) is 0 Å². The van der Waals surface area contributed by atoms with Gasteiger partial charge in [-0.2, -0.15) is 0 Å². The molecule has 0 fully saturated rings. The number of aliphatic hydroxyl groups excluding tert-OH is 1. The van der Waals surface area contributed by atoms with Crippen LogP contribution in [0.2, 0.25) is 0 Å². The molecule has 2 aromatic heterocycles. The first-order valence-electron chi connectivity index (χ1n) is 7.09. The van der Waals surface area contributed by atoms with Crippen LogP contribution in [0.1, 0.15) is 11.5 Å². The van der Waals surface area contributed by atoms with Gasteiger partial charge in [0.15, 0.2) is 4.34 Å². The zero-order chi connectivity index (χ0) is 17.1. The number of nitrogens with one attached hydrogen (secondary N) is 1. The van der Waals surface area contributed by atoms with E-state index < -0.39 is 5.97 Å². The summed E-state index contributed by atoms with van der Waals surface area (Å²) in [4.78, 5) is 23.9. The third kappa shape index (κ3) is 3.44. The smallest absolute Gasteiger partial charge is 0.345 e. The number of hydrogen-bond acceptors (Lipinski definition) is 7. The number of methoxy groups -OCH3 is 1. The van der Waals surface area contributed by atoms with Crippen LogP contribution < -0.4 is 0 Å². The Morgan fingerprint density at radius 1 is 1.38 bits per heavy atom. The number of para-hydroxylation sites is 2. The number of thiazole rings is 1.